The fourth-order valence-corrected chi connectivity index (χ4v) is 2.46. The molecule has 0 bridgehead atoms. The number of hydrogen-bond donors (Lipinski definition) is 2. The van der Waals surface area contributed by atoms with Gasteiger partial charge in [-0.1, -0.05) is 13.0 Å². The Bertz CT molecular complexity index is 735. The Balaban J connectivity index is 2.01. The lowest BCUT2D eigenvalue weighted by molar-refractivity contribution is 0.152. The molecule has 0 aliphatic rings. The van der Waals surface area contributed by atoms with Crippen molar-refractivity contribution in [2.24, 2.45) is 4.99 Å². The lowest BCUT2D eigenvalue weighted by atomic mass is 10.2. The normalized spacial score (nSPS) is 11.2. The Morgan fingerprint density at radius 3 is 2.52 bits per heavy atom. The van der Waals surface area contributed by atoms with E-state index < -0.39 is 0 Å². The van der Waals surface area contributed by atoms with Gasteiger partial charge in [0.05, 0.1) is 19.8 Å². The molecule has 0 saturated carbocycles. The van der Waals surface area contributed by atoms with Crippen LogP contribution in [0.2, 0.25) is 0 Å². The lowest BCUT2D eigenvalue weighted by Crippen LogP contribution is -2.39. The molecule has 0 unspecified atom stereocenters. The molecule has 2 N–H and O–H groups in total. The summed E-state index contributed by atoms with van der Waals surface area (Å²) >= 11 is 0. The van der Waals surface area contributed by atoms with Gasteiger partial charge in [0.15, 0.2) is 5.96 Å². The van der Waals surface area contributed by atoms with Crippen LogP contribution >= 0.6 is 0 Å². The van der Waals surface area contributed by atoms with Gasteiger partial charge in [0.1, 0.15) is 11.5 Å². The van der Waals surface area contributed by atoms with Crippen LogP contribution in [-0.4, -0.2) is 43.9 Å². The number of nitrogens with one attached hydrogen (secondary N) is 2. The third kappa shape index (κ3) is 8.39. The summed E-state index contributed by atoms with van der Waals surface area (Å²) < 4.78 is 16.9. The van der Waals surface area contributed by atoms with E-state index in [1.165, 1.54) is 0 Å². The molecule has 0 saturated heterocycles. The van der Waals surface area contributed by atoms with E-state index in [2.05, 4.69) is 27.5 Å². The average molecular weight is 401 g/mol. The molecule has 158 valence electrons. The van der Waals surface area contributed by atoms with E-state index in [0.29, 0.717) is 44.5 Å². The molecule has 7 nitrogen and oxygen atoms in total. The van der Waals surface area contributed by atoms with Crippen LogP contribution in [0.5, 0.6) is 17.4 Å². The van der Waals surface area contributed by atoms with Gasteiger partial charge in [0.2, 0.25) is 5.88 Å². The number of benzene rings is 1. The number of hydrogen-bond acceptors (Lipinski definition) is 5. The van der Waals surface area contributed by atoms with Crippen LogP contribution in [-0.2, 0) is 11.3 Å². The van der Waals surface area contributed by atoms with Crippen LogP contribution in [0.25, 0.3) is 0 Å². The summed E-state index contributed by atoms with van der Waals surface area (Å²) in [5, 5.41) is 6.49. The molecule has 0 atom stereocenters. The van der Waals surface area contributed by atoms with Gasteiger partial charge in [-0.15, -0.1) is 0 Å². The molecule has 0 radical (unpaired) electrons. The molecule has 0 amide bonds. The maximum atomic E-state index is 5.98. The molecule has 2 aromatic rings. The summed E-state index contributed by atoms with van der Waals surface area (Å²) in [4.78, 5) is 9.00. The van der Waals surface area contributed by atoms with E-state index in [9.17, 15) is 0 Å². The van der Waals surface area contributed by atoms with Crippen LogP contribution < -0.4 is 20.1 Å². The Labute approximate surface area is 173 Å². The van der Waals surface area contributed by atoms with Gasteiger partial charge in [-0.05, 0) is 50.6 Å². The van der Waals surface area contributed by atoms with Gasteiger partial charge in [0.25, 0.3) is 0 Å². The fraction of sp³-hybridized carbons (Fsp3) is 0.455. The first-order chi connectivity index (χ1) is 14.3. The van der Waals surface area contributed by atoms with E-state index in [-0.39, 0.29) is 0 Å². The molecule has 1 aromatic heterocycles. The predicted molar refractivity (Wildman–Crippen MR) is 116 cm³/mol. The summed E-state index contributed by atoms with van der Waals surface area (Å²) in [5.74, 6) is 2.82. The highest BCUT2D eigenvalue weighted by atomic mass is 16.5. The molecule has 7 heteroatoms. The Morgan fingerprint density at radius 1 is 1.00 bits per heavy atom. The second-order valence-electron chi connectivity index (χ2n) is 6.21. The van der Waals surface area contributed by atoms with Crippen molar-refractivity contribution in [3.05, 3.63) is 48.2 Å². The van der Waals surface area contributed by atoms with Crippen molar-refractivity contribution in [3.63, 3.8) is 0 Å². The first-order valence-corrected chi connectivity index (χ1v) is 10.2. The van der Waals surface area contributed by atoms with E-state index in [1.807, 2.05) is 50.2 Å². The molecular formula is C22H32N4O3. The monoisotopic (exact) mass is 400 g/mol. The second kappa shape index (κ2) is 13.4. The van der Waals surface area contributed by atoms with Gasteiger partial charge in [0, 0.05) is 31.5 Å². The van der Waals surface area contributed by atoms with E-state index >= 15 is 0 Å². The number of guanidine groups is 1. The first kappa shape index (κ1) is 22.5. The zero-order valence-electron chi connectivity index (χ0n) is 17.6. The van der Waals surface area contributed by atoms with E-state index in [4.69, 9.17) is 14.2 Å². The van der Waals surface area contributed by atoms with Crippen molar-refractivity contribution in [3.8, 4) is 17.4 Å². The molecule has 0 fully saturated rings. The highest BCUT2D eigenvalue weighted by Gasteiger charge is 2.07. The van der Waals surface area contributed by atoms with Crippen molar-refractivity contribution in [1.82, 2.24) is 15.6 Å². The van der Waals surface area contributed by atoms with Crippen LogP contribution in [0.4, 0.5) is 0 Å². The SMILES string of the molecule is CCCOc1ccc(Oc2ncccc2CN=C(NCC)NCCOCC)cc1. The minimum absolute atomic E-state index is 0.449. The summed E-state index contributed by atoms with van der Waals surface area (Å²) in [5.41, 5.74) is 0.904. The summed E-state index contributed by atoms with van der Waals surface area (Å²) in [6.45, 7) is 10.1. The van der Waals surface area contributed by atoms with Gasteiger partial charge in [-0.3, -0.25) is 0 Å². The van der Waals surface area contributed by atoms with E-state index in [0.717, 1.165) is 30.2 Å². The van der Waals surface area contributed by atoms with Crippen LogP contribution in [0.15, 0.2) is 47.6 Å². The number of pyridine rings is 1. The summed E-state index contributed by atoms with van der Waals surface area (Å²) in [6, 6.07) is 11.4. The average Bonchev–Trinajstić information content (AvgIpc) is 2.75. The molecular weight excluding hydrogens is 368 g/mol. The molecule has 2 rings (SSSR count). The topological polar surface area (TPSA) is 77.0 Å². The summed E-state index contributed by atoms with van der Waals surface area (Å²) in [7, 11) is 0. The van der Waals surface area contributed by atoms with Crippen molar-refractivity contribution in [2.45, 2.75) is 33.7 Å². The predicted octanol–water partition coefficient (Wildman–Crippen LogP) is 3.75. The van der Waals surface area contributed by atoms with Gasteiger partial charge in [-0.25, -0.2) is 9.98 Å². The van der Waals surface area contributed by atoms with Crippen molar-refractivity contribution < 1.29 is 14.2 Å². The van der Waals surface area contributed by atoms with Gasteiger partial charge in [-0.2, -0.15) is 0 Å². The van der Waals surface area contributed by atoms with Crippen molar-refractivity contribution in [1.29, 1.82) is 0 Å². The quantitative estimate of drug-likeness (QED) is 0.321. The number of ether oxygens (including phenoxy) is 3. The van der Waals surface area contributed by atoms with Gasteiger partial charge >= 0.3 is 0 Å². The Kier molecular flexibility index (Phi) is 10.4. The third-order valence-electron chi connectivity index (χ3n) is 3.86. The largest absolute Gasteiger partial charge is 0.494 e. The number of nitrogens with zero attached hydrogens (tertiary/aromatic N) is 2. The number of rotatable bonds is 12. The smallest absolute Gasteiger partial charge is 0.224 e. The van der Waals surface area contributed by atoms with Crippen LogP contribution in [0, 0.1) is 0 Å². The molecule has 1 heterocycles. The standard InChI is InChI=1S/C22H32N4O3/c1-4-15-28-19-9-11-20(12-10-19)29-21-18(8-7-13-24-21)17-26-22(23-5-2)25-14-16-27-6-3/h7-13H,4-6,14-17H2,1-3H3,(H2,23,25,26). The molecule has 0 spiro atoms. The zero-order chi connectivity index (χ0) is 20.7. The Morgan fingerprint density at radius 2 is 1.79 bits per heavy atom. The molecule has 29 heavy (non-hydrogen) atoms. The molecule has 1 aromatic carbocycles. The second-order valence-corrected chi connectivity index (χ2v) is 6.21. The van der Waals surface area contributed by atoms with Crippen molar-refractivity contribution >= 4 is 5.96 Å². The highest BCUT2D eigenvalue weighted by Crippen LogP contribution is 2.25. The zero-order valence-corrected chi connectivity index (χ0v) is 17.6. The Hall–Kier alpha value is -2.80. The maximum Gasteiger partial charge on any atom is 0.224 e. The highest BCUT2D eigenvalue weighted by molar-refractivity contribution is 5.79. The lowest BCUT2D eigenvalue weighted by Gasteiger charge is -2.12. The minimum atomic E-state index is 0.449. The molecule has 0 aliphatic heterocycles. The van der Waals surface area contributed by atoms with Crippen LogP contribution in [0.3, 0.4) is 0 Å². The number of aliphatic imine (C=N–C) groups is 1. The maximum absolute atomic E-state index is 5.98. The fourth-order valence-electron chi connectivity index (χ4n) is 2.46. The van der Waals surface area contributed by atoms with Gasteiger partial charge < -0.3 is 24.8 Å². The molecule has 0 aliphatic carbocycles. The van der Waals surface area contributed by atoms with Crippen molar-refractivity contribution in [2.75, 3.05) is 32.9 Å². The summed E-state index contributed by atoms with van der Waals surface area (Å²) in [6.07, 6.45) is 2.69. The first-order valence-electron chi connectivity index (χ1n) is 10.2. The third-order valence-corrected chi connectivity index (χ3v) is 3.86. The van der Waals surface area contributed by atoms with E-state index in [1.54, 1.807) is 6.20 Å². The number of aromatic nitrogens is 1. The van der Waals surface area contributed by atoms with Crippen LogP contribution in [0.1, 0.15) is 32.8 Å². The minimum Gasteiger partial charge on any atom is -0.494 e.